The second kappa shape index (κ2) is 3.69. The Balaban J connectivity index is 2.23. The van der Waals surface area contributed by atoms with Gasteiger partial charge in [-0.2, -0.15) is 0 Å². The molecule has 2 heteroatoms. The van der Waals surface area contributed by atoms with Crippen molar-refractivity contribution >= 4 is 5.78 Å². The minimum absolute atomic E-state index is 0.0459. The summed E-state index contributed by atoms with van der Waals surface area (Å²) in [6, 6.07) is 5.97. The summed E-state index contributed by atoms with van der Waals surface area (Å²) in [5.41, 5.74) is 2.41. The molecule has 0 saturated carbocycles. The highest BCUT2D eigenvalue weighted by Crippen LogP contribution is 2.32. The van der Waals surface area contributed by atoms with Gasteiger partial charge >= 0.3 is 0 Å². The second-order valence-corrected chi connectivity index (χ2v) is 4.42. The van der Waals surface area contributed by atoms with E-state index in [2.05, 4.69) is 13.0 Å². The van der Waals surface area contributed by atoms with Gasteiger partial charge in [0.1, 0.15) is 5.75 Å². The number of hydrogen-bond acceptors (Lipinski definition) is 2. The molecule has 1 unspecified atom stereocenters. The molecule has 2 nitrogen and oxygen atoms in total. The van der Waals surface area contributed by atoms with Crippen molar-refractivity contribution in [3.8, 4) is 5.75 Å². The third-order valence-electron chi connectivity index (χ3n) is 2.91. The van der Waals surface area contributed by atoms with Crippen LogP contribution >= 0.6 is 0 Å². The van der Waals surface area contributed by atoms with Crippen molar-refractivity contribution in [3.05, 3.63) is 29.3 Å². The van der Waals surface area contributed by atoms with Gasteiger partial charge < -0.3 is 4.74 Å². The highest BCUT2D eigenvalue weighted by molar-refractivity contribution is 5.86. The number of rotatable bonds is 2. The molecule has 0 aromatic heterocycles. The first-order valence-corrected chi connectivity index (χ1v) is 5.38. The number of ketones is 1. The van der Waals surface area contributed by atoms with E-state index < -0.39 is 0 Å². The van der Waals surface area contributed by atoms with Crippen LogP contribution in [0.25, 0.3) is 0 Å². The van der Waals surface area contributed by atoms with Crippen LogP contribution in [0.15, 0.2) is 18.2 Å². The summed E-state index contributed by atoms with van der Waals surface area (Å²) in [4.78, 5) is 11.8. The Morgan fingerprint density at radius 3 is 2.80 bits per heavy atom. The Morgan fingerprint density at radius 2 is 2.20 bits per heavy atom. The van der Waals surface area contributed by atoms with Gasteiger partial charge in [-0.3, -0.25) is 4.79 Å². The van der Waals surface area contributed by atoms with E-state index in [1.807, 2.05) is 26.0 Å². The van der Waals surface area contributed by atoms with Crippen LogP contribution in [0.2, 0.25) is 0 Å². The summed E-state index contributed by atoms with van der Waals surface area (Å²) in [5, 5.41) is 0. The van der Waals surface area contributed by atoms with Gasteiger partial charge in [-0.15, -0.1) is 0 Å². The monoisotopic (exact) mass is 204 g/mol. The molecule has 1 aromatic rings. The molecule has 1 heterocycles. The van der Waals surface area contributed by atoms with Crippen molar-refractivity contribution in [3.63, 3.8) is 0 Å². The fourth-order valence-corrected chi connectivity index (χ4v) is 1.96. The van der Waals surface area contributed by atoms with Crippen LogP contribution in [0.1, 0.15) is 25.0 Å². The molecule has 0 aliphatic carbocycles. The van der Waals surface area contributed by atoms with E-state index in [1.165, 1.54) is 11.1 Å². The van der Waals surface area contributed by atoms with Gasteiger partial charge in [0.15, 0.2) is 11.9 Å². The fraction of sp³-hybridized carbons (Fsp3) is 0.462. The third-order valence-corrected chi connectivity index (χ3v) is 2.91. The van der Waals surface area contributed by atoms with E-state index in [1.54, 1.807) is 0 Å². The van der Waals surface area contributed by atoms with Gasteiger partial charge in [0, 0.05) is 17.9 Å². The first-order valence-electron chi connectivity index (χ1n) is 5.38. The molecule has 0 fully saturated rings. The van der Waals surface area contributed by atoms with Gasteiger partial charge in [-0.25, -0.2) is 0 Å². The molecule has 0 spiro atoms. The van der Waals surface area contributed by atoms with Crippen LogP contribution in [-0.4, -0.2) is 11.9 Å². The molecule has 1 atom stereocenters. The van der Waals surface area contributed by atoms with E-state index in [9.17, 15) is 4.79 Å². The standard InChI is InChI=1S/C13H16O2/c1-8(2)13(14)12-7-10-9(3)5-4-6-11(10)15-12/h4-6,8,12H,7H2,1-3H3. The van der Waals surface area contributed by atoms with E-state index >= 15 is 0 Å². The quantitative estimate of drug-likeness (QED) is 0.740. The number of benzene rings is 1. The van der Waals surface area contributed by atoms with Crippen molar-refractivity contribution in [1.82, 2.24) is 0 Å². The van der Waals surface area contributed by atoms with Crippen LogP contribution in [0.4, 0.5) is 0 Å². The molecular weight excluding hydrogens is 188 g/mol. The van der Waals surface area contributed by atoms with Crippen LogP contribution in [0.5, 0.6) is 5.75 Å². The molecule has 0 amide bonds. The van der Waals surface area contributed by atoms with Crippen LogP contribution in [0.3, 0.4) is 0 Å². The maximum absolute atomic E-state index is 11.8. The maximum atomic E-state index is 11.8. The molecule has 2 rings (SSSR count). The molecule has 0 saturated heterocycles. The van der Waals surface area contributed by atoms with Gasteiger partial charge in [0.05, 0.1) is 0 Å². The highest BCUT2D eigenvalue weighted by atomic mass is 16.5. The summed E-state index contributed by atoms with van der Waals surface area (Å²) >= 11 is 0. The normalized spacial score (nSPS) is 18.8. The minimum Gasteiger partial charge on any atom is -0.482 e. The molecule has 15 heavy (non-hydrogen) atoms. The summed E-state index contributed by atoms with van der Waals surface area (Å²) in [7, 11) is 0. The average molecular weight is 204 g/mol. The summed E-state index contributed by atoms with van der Waals surface area (Å²) in [6.07, 6.45) is 0.472. The number of carbonyl (C=O) groups is 1. The number of carbonyl (C=O) groups excluding carboxylic acids is 1. The van der Waals surface area contributed by atoms with Crippen molar-refractivity contribution < 1.29 is 9.53 Å². The Bertz CT molecular complexity index is 394. The molecular formula is C13H16O2. The molecule has 80 valence electrons. The number of ether oxygens (including phenoxy) is 1. The summed E-state index contributed by atoms with van der Waals surface area (Å²) in [6.45, 7) is 5.90. The number of hydrogen-bond donors (Lipinski definition) is 0. The van der Waals surface area contributed by atoms with Crippen molar-refractivity contribution in [1.29, 1.82) is 0 Å². The zero-order valence-electron chi connectivity index (χ0n) is 9.41. The highest BCUT2D eigenvalue weighted by Gasteiger charge is 2.30. The van der Waals surface area contributed by atoms with Gasteiger partial charge in [0.25, 0.3) is 0 Å². The lowest BCUT2D eigenvalue weighted by Gasteiger charge is -2.11. The lowest BCUT2D eigenvalue weighted by Crippen LogP contribution is -2.29. The Hall–Kier alpha value is -1.31. The molecule has 1 aliphatic rings. The Morgan fingerprint density at radius 1 is 1.47 bits per heavy atom. The van der Waals surface area contributed by atoms with Crippen molar-refractivity contribution in [2.45, 2.75) is 33.3 Å². The number of aryl methyl sites for hydroxylation is 1. The van der Waals surface area contributed by atoms with Crippen molar-refractivity contribution in [2.24, 2.45) is 5.92 Å². The summed E-state index contributed by atoms with van der Waals surface area (Å²) in [5.74, 6) is 1.13. The predicted molar refractivity (Wildman–Crippen MR) is 59.1 cm³/mol. The van der Waals surface area contributed by atoms with Crippen LogP contribution < -0.4 is 4.74 Å². The van der Waals surface area contributed by atoms with E-state index in [-0.39, 0.29) is 17.8 Å². The lowest BCUT2D eigenvalue weighted by atomic mass is 9.98. The van der Waals surface area contributed by atoms with Crippen molar-refractivity contribution in [2.75, 3.05) is 0 Å². The zero-order chi connectivity index (χ0) is 11.0. The number of fused-ring (bicyclic) bond motifs is 1. The minimum atomic E-state index is -0.263. The molecule has 0 radical (unpaired) electrons. The number of Topliss-reactive ketones (excluding diaryl/α,β-unsaturated/α-hetero) is 1. The predicted octanol–water partition coefficient (Wildman–Crippen LogP) is 2.52. The first kappa shape index (κ1) is 10.2. The largest absolute Gasteiger partial charge is 0.482 e. The van der Waals surface area contributed by atoms with Crippen LogP contribution in [-0.2, 0) is 11.2 Å². The zero-order valence-corrected chi connectivity index (χ0v) is 9.41. The lowest BCUT2D eigenvalue weighted by molar-refractivity contribution is -0.128. The van der Waals surface area contributed by atoms with E-state index in [0.29, 0.717) is 0 Å². The maximum Gasteiger partial charge on any atom is 0.176 e. The molecule has 1 aliphatic heterocycles. The molecule has 1 aromatic carbocycles. The fourth-order valence-electron chi connectivity index (χ4n) is 1.96. The van der Waals surface area contributed by atoms with Crippen LogP contribution in [0, 0.1) is 12.8 Å². The topological polar surface area (TPSA) is 26.3 Å². The summed E-state index contributed by atoms with van der Waals surface area (Å²) < 4.78 is 5.66. The van der Waals surface area contributed by atoms with Gasteiger partial charge in [0.2, 0.25) is 0 Å². The smallest absolute Gasteiger partial charge is 0.176 e. The third kappa shape index (κ3) is 1.76. The molecule has 0 bridgehead atoms. The van der Waals surface area contributed by atoms with E-state index in [0.717, 1.165) is 12.2 Å². The van der Waals surface area contributed by atoms with E-state index in [4.69, 9.17) is 4.74 Å². The Labute approximate surface area is 90.3 Å². The first-order chi connectivity index (χ1) is 7.09. The van der Waals surface area contributed by atoms with Gasteiger partial charge in [-0.05, 0) is 18.6 Å². The SMILES string of the molecule is Cc1cccc2c1CC(C(=O)C(C)C)O2. The second-order valence-electron chi connectivity index (χ2n) is 4.42. The molecule has 0 N–H and O–H groups in total. The average Bonchev–Trinajstić information content (AvgIpc) is 2.61. The van der Waals surface area contributed by atoms with Gasteiger partial charge in [-0.1, -0.05) is 26.0 Å². The Kier molecular flexibility index (Phi) is 2.51.